The highest BCUT2D eigenvalue weighted by Gasteiger charge is 2.28. The lowest BCUT2D eigenvalue weighted by Crippen LogP contribution is -2.32. The van der Waals surface area contributed by atoms with Gasteiger partial charge in [-0.2, -0.15) is 5.10 Å². The van der Waals surface area contributed by atoms with Crippen molar-refractivity contribution in [1.82, 2.24) is 21.0 Å². The van der Waals surface area contributed by atoms with Gasteiger partial charge in [-0.1, -0.05) is 26.2 Å². The van der Waals surface area contributed by atoms with Gasteiger partial charge in [-0.05, 0) is 37.2 Å². The summed E-state index contributed by atoms with van der Waals surface area (Å²) < 4.78 is 0. The fraction of sp³-hybridized carbons (Fsp3) is 0.471. The van der Waals surface area contributed by atoms with E-state index < -0.39 is 6.04 Å². The van der Waals surface area contributed by atoms with E-state index in [0.717, 1.165) is 37.8 Å². The van der Waals surface area contributed by atoms with Crippen LogP contribution in [0.2, 0.25) is 0 Å². The molecule has 2 heterocycles. The van der Waals surface area contributed by atoms with Gasteiger partial charge in [0.25, 0.3) is 5.91 Å². The number of thiocarbonyl (C=S) groups is 1. The van der Waals surface area contributed by atoms with E-state index in [1.165, 1.54) is 0 Å². The Morgan fingerprint density at radius 3 is 2.72 bits per heavy atom. The van der Waals surface area contributed by atoms with E-state index in [1.807, 2.05) is 0 Å². The predicted octanol–water partition coefficient (Wildman–Crippen LogP) is 1.90. The van der Waals surface area contributed by atoms with Crippen LogP contribution in [0.3, 0.4) is 0 Å². The van der Waals surface area contributed by atoms with Crippen LogP contribution in [0.25, 0.3) is 0 Å². The Labute approximate surface area is 152 Å². The van der Waals surface area contributed by atoms with Crippen molar-refractivity contribution in [2.45, 2.75) is 51.5 Å². The number of nitrogens with zero attached hydrogens (tertiary/aromatic N) is 2. The van der Waals surface area contributed by atoms with Crippen LogP contribution >= 0.6 is 12.2 Å². The molecule has 1 unspecified atom stereocenters. The highest BCUT2D eigenvalue weighted by atomic mass is 32.1. The molecule has 7 nitrogen and oxygen atoms in total. The lowest BCUT2D eigenvalue weighted by Gasteiger charge is -2.11. The summed E-state index contributed by atoms with van der Waals surface area (Å²) in [7, 11) is 0. The molecular formula is C17H23N5O2S. The van der Waals surface area contributed by atoms with Crippen LogP contribution in [0.4, 0.5) is 0 Å². The Bertz CT molecular complexity index is 648. The standard InChI is InChI=1S/C17H23N5O2S/c1-2-3-4-5-6-13(11-14-16(24)20-17(25)19-14)21-22-15(23)12-7-9-18-10-8-12/h7-10,14H,2-6,11H2,1H3,(H,22,23)(H2,19,20,24,25)/b21-13-. The van der Waals surface area contributed by atoms with Gasteiger partial charge in [0.05, 0.1) is 0 Å². The molecule has 1 aromatic heterocycles. The Kier molecular flexibility index (Phi) is 7.46. The number of unbranched alkanes of at least 4 members (excludes halogenated alkanes) is 3. The molecule has 0 radical (unpaired) electrons. The molecule has 2 rings (SSSR count). The molecule has 1 aliphatic heterocycles. The third-order valence-corrected chi connectivity index (χ3v) is 4.10. The van der Waals surface area contributed by atoms with Crippen molar-refractivity contribution in [2.75, 3.05) is 0 Å². The summed E-state index contributed by atoms with van der Waals surface area (Å²) in [5.41, 5.74) is 3.83. The minimum absolute atomic E-state index is 0.160. The number of hydrogen-bond donors (Lipinski definition) is 3. The maximum absolute atomic E-state index is 12.1. The first kappa shape index (κ1) is 19.0. The average Bonchev–Trinajstić information content (AvgIpc) is 2.93. The monoisotopic (exact) mass is 361 g/mol. The number of nitrogens with one attached hydrogen (secondary N) is 3. The van der Waals surface area contributed by atoms with Gasteiger partial charge in [0.15, 0.2) is 5.11 Å². The van der Waals surface area contributed by atoms with Gasteiger partial charge < -0.3 is 10.6 Å². The number of aromatic nitrogens is 1. The molecule has 3 N–H and O–H groups in total. The molecule has 134 valence electrons. The van der Waals surface area contributed by atoms with Crippen molar-refractivity contribution in [3.05, 3.63) is 30.1 Å². The zero-order valence-corrected chi connectivity index (χ0v) is 15.1. The second-order valence-electron chi connectivity index (χ2n) is 5.88. The van der Waals surface area contributed by atoms with Crippen molar-refractivity contribution in [3.63, 3.8) is 0 Å². The minimum atomic E-state index is -0.435. The summed E-state index contributed by atoms with van der Waals surface area (Å²) in [6, 6.07) is 2.81. The third-order valence-electron chi connectivity index (χ3n) is 3.88. The quantitative estimate of drug-likeness (QED) is 0.270. The molecule has 1 saturated heterocycles. The normalized spacial score (nSPS) is 17.2. The number of carbonyl (C=O) groups excluding carboxylic acids is 2. The first-order valence-electron chi connectivity index (χ1n) is 8.47. The summed E-state index contributed by atoms with van der Waals surface area (Å²) in [5, 5.41) is 10.1. The second-order valence-corrected chi connectivity index (χ2v) is 6.29. The second kappa shape index (κ2) is 9.83. The average molecular weight is 361 g/mol. The molecule has 0 spiro atoms. The molecule has 0 saturated carbocycles. The Hall–Kier alpha value is -2.35. The Morgan fingerprint density at radius 1 is 1.32 bits per heavy atom. The van der Waals surface area contributed by atoms with E-state index >= 15 is 0 Å². The van der Waals surface area contributed by atoms with E-state index in [-0.39, 0.29) is 11.8 Å². The molecule has 25 heavy (non-hydrogen) atoms. The van der Waals surface area contributed by atoms with Crippen molar-refractivity contribution in [3.8, 4) is 0 Å². The molecule has 0 aliphatic carbocycles. The number of carbonyl (C=O) groups is 2. The van der Waals surface area contributed by atoms with E-state index in [9.17, 15) is 9.59 Å². The highest BCUT2D eigenvalue weighted by molar-refractivity contribution is 7.80. The summed E-state index contributed by atoms with van der Waals surface area (Å²) in [6.07, 6.45) is 8.61. The number of amides is 2. The molecule has 2 amide bonds. The summed E-state index contributed by atoms with van der Waals surface area (Å²) in [6.45, 7) is 2.15. The summed E-state index contributed by atoms with van der Waals surface area (Å²) in [5.74, 6) is -0.459. The molecule has 0 aromatic carbocycles. The lowest BCUT2D eigenvalue weighted by atomic mass is 10.0. The molecule has 1 atom stereocenters. The van der Waals surface area contributed by atoms with Crippen LogP contribution in [-0.4, -0.2) is 33.7 Å². The fourth-order valence-corrected chi connectivity index (χ4v) is 2.74. The predicted molar refractivity (Wildman–Crippen MR) is 100 cm³/mol. The van der Waals surface area contributed by atoms with Crippen LogP contribution in [0.15, 0.2) is 29.6 Å². The van der Waals surface area contributed by atoms with E-state index in [2.05, 4.69) is 33.1 Å². The van der Waals surface area contributed by atoms with Gasteiger partial charge in [0, 0.05) is 30.1 Å². The highest BCUT2D eigenvalue weighted by Crippen LogP contribution is 2.09. The van der Waals surface area contributed by atoms with Crippen LogP contribution in [0.1, 0.15) is 55.8 Å². The molecule has 1 aromatic rings. The molecule has 8 heteroatoms. The Balaban J connectivity index is 1.98. The molecular weight excluding hydrogens is 338 g/mol. The first-order valence-corrected chi connectivity index (χ1v) is 8.88. The van der Waals surface area contributed by atoms with Crippen LogP contribution in [-0.2, 0) is 4.79 Å². The number of rotatable bonds is 9. The zero-order valence-electron chi connectivity index (χ0n) is 14.2. The van der Waals surface area contributed by atoms with Crippen molar-refractivity contribution < 1.29 is 9.59 Å². The van der Waals surface area contributed by atoms with E-state index in [1.54, 1.807) is 24.5 Å². The van der Waals surface area contributed by atoms with Crippen molar-refractivity contribution in [2.24, 2.45) is 5.10 Å². The van der Waals surface area contributed by atoms with Gasteiger partial charge in [0.2, 0.25) is 5.91 Å². The summed E-state index contributed by atoms with van der Waals surface area (Å²) >= 11 is 4.96. The number of hydrogen-bond acceptors (Lipinski definition) is 5. The van der Waals surface area contributed by atoms with Gasteiger partial charge in [-0.15, -0.1) is 0 Å². The largest absolute Gasteiger partial charge is 0.350 e. The fourth-order valence-electron chi connectivity index (χ4n) is 2.50. The summed E-state index contributed by atoms with van der Waals surface area (Å²) in [4.78, 5) is 27.8. The maximum atomic E-state index is 12.1. The van der Waals surface area contributed by atoms with Gasteiger partial charge in [-0.3, -0.25) is 14.6 Å². The smallest absolute Gasteiger partial charge is 0.271 e. The maximum Gasteiger partial charge on any atom is 0.271 e. The first-order chi connectivity index (χ1) is 12.1. The molecule has 1 fully saturated rings. The third kappa shape index (κ3) is 6.22. The van der Waals surface area contributed by atoms with Gasteiger partial charge in [-0.25, -0.2) is 5.43 Å². The number of pyridine rings is 1. The Morgan fingerprint density at radius 2 is 2.08 bits per heavy atom. The van der Waals surface area contributed by atoms with Crippen LogP contribution < -0.4 is 16.1 Å². The van der Waals surface area contributed by atoms with Crippen molar-refractivity contribution >= 4 is 34.9 Å². The van der Waals surface area contributed by atoms with Gasteiger partial charge >= 0.3 is 0 Å². The SMILES string of the molecule is CCCCCC/C(CC1NC(=S)NC1=O)=N/NC(=O)c1ccncc1. The minimum Gasteiger partial charge on any atom is -0.350 e. The van der Waals surface area contributed by atoms with E-state index in [0.29, 0.717) is 17.1 Å². The van der Waals surface area contributed by atoms with E-state index in [4.69, 9.17) is 12.2 Å². The zero-order chi connectivity index (χ0) is 18.1. The van der Waals surface area contributed by atoms with Crippen LogP contribution in [0, 0.1) is 0 Å². The molecule has 0 bridgehead atoms. The lowest BCUT2D eigenvalue weighted by molar-refractivity contribution is -0.119. The molecule has 1 aliphatic rings. The van der Waals surface area contributed by atoms with Gasteiger partial charge in [0.1, 0.15) is 6.04 Å². The number of hydrazone groups is 1. The van der Waals surface area contributed by atoms with Crippen LogP contribution in [0.5, 0.6) is 0 Å². The topological polar surface area (TPSA) is 95.5 Å². The van der Waals surface area contributed by atoms with Crippen molar-refractivity contribution in [1.29, 1.82) is 0 Å².